The number of carbonyl (C=O) groups is 1. The fourth-order valence-corrected chi connectivity index (χ4v) is 2.06. The Morgan fingerprint density at radius 1 is 1.14 bits per heavy atom. The molecule has 110 valence electrons. The summed E-state index contributed by atoms with van der Waals surface area (Å²) in [6, 6.07) is 13.0. The summed E-state index contributed by atoms with van der Waals surface area (Å²) in [7, 11) is 1.63. The number of hydrogen-bond acceptors (Lipinski definition) is 3. The molecule has 2 aromatic rings. The van der Waals surface area contributed by atoms with E-state index in [2.05, 4.69) is 0 Å². The second kappa shape index (κ2) is 6.79. The van der Waals surface area contributed by atoms with Crippen LogP contribution in [0.15, 0.2) is 42.5 Å². The first kappa shape index (κ1) is 14.9. The lowest BCUT2D eigenvalue weighted by Crippen LogP contribution is -2.01. The zero-order valence-corrected chi connectivity index (χ0v) is 12.1. The molecule has 0 aliphatic carbocycles. The molecule has 0 aliphatic rings. The van der Waals surface area contributed by atoms with Gasteiger partial charge in [0.05, 0.1) is 13.5 Å². The van der Waals surface area contributed by atoms with Crippen molar-refractivity contribution in [1.29, 1.82) is 0 Å². The summed E-state index contributed by atoms with van der Waals surface area (Å²) < 4.78 is 11.0. The molecule has 0 aromatic heterocycles. The highest BCUT2D eigenvalue weighted by molar-refractivity contribution is 5.70. The van der Waals surface area contributed by atoms with Crippen LogP contribution in [0, 0.1) is 6.92 Å². The van der Waals surface area contributed by atoms with Gasteiger partial charge in [-0.15, -0.1) is 0 Å². The van der Waals surface area contributed by atoms with E-state index in [0.717, 1.165) is 22.4 Å². The Hall–Kier alpha value is -2.49. The standard InChI is InChI=1S/C17H18O4/c1-12-3-8-16(20-2)14(9-12)11-21-15-6-4-13(5-7-15)10-17(18)19/h3-9H,10-11H2,1-2H3,(H,18,19). The van der Waals surface area contributed by atoms with E-state index in [1.165, 1.54) is 0 Å². The van der Waals surface area contributed by atoms with Crippen molar-refractivity contribution in [3.05, 3.63) is 59.2 Å². The molecule has 0 fully saturated rings. The average Bonchev–Trinajstić information content (AvgIpc) is 2.46. The molecule has 0 amide bonds. The van der Waals surface area contributed by atoms with Crippen LogP contribution in [0.3, 0.4) is 0 Å². The number of rotatable bonds is 6. The van der Waals surface area contributed by atoms with Crippen molar-refractivity contribution in [2.75, 3.05) is 7.11 Å². The maximum Gasteiger partial charge on any atom is 0.307 e. The predicted molar refractivity (Wildman–Crippen MR) is 79.8 cm³/mol. The molecule has 0 unspecified atom stereocenters. The van der Waals surface area contributed by atoms with Crippen LogP contribution in [0.4, 0.5) is 0 Å². The second-order valence-corrected chi connectivity index (χ2v) is 4.82. The third-order valence-corrected chi connectivity index (χ3v) is 3.11. The van der Waals surface area contributed by atoms with E-state index >= 15 is 0 Å². The van der Waals surface area contributed by atoms with E-state index in [0.29, 0.717) is 12.4 Å². The molecule has 2 rings (SSSR count). The van der Waals surface area contributed by atoms with Gasteiger partial charge in [0.25, 0.3) is 0 Å². The number of hydrogen-bond donors (Lipinski definition) is 1. The quantitative estimate of drug-likeness (QED) is 0.886. The lowest BCUT2D eigenvalue weighted by molar-refractivity contribution is -0.136. The minimum Gasteiger partial charge on any atom is -0.496 e. The Kier molecular flexibility index (Phi) is 4.82. The Balaban J connectivity index is 2.03. The smallest absolute Gasteiger partial charge is 0.307 e. The monoisotopic (exact) mass is 286 g/mol. The Labute approximate surface area is 123 Å². The summed E-state index contributed by atoms with van der Waals surface area (Å²) in [5.41, 5.74) is 2.88. The number of aliphatic carboxylic acids is 1. The van der Waals surface area contributed by atoms with Crippen LogP contribution >= 0.6 is 0 Å². The SMILES string of the molecule is COc1ccc(C)cc1COc1ccc(CC(=O)O)cc1. The van der Waals surface area contributed by atoms with Crippen LogP contribution in [-0.4, -0.2) is 18.2 Å². The van der Waals surface area contributed by atoms with E-state index in [1.54, 1.807) is 31.4 Å². The van der Waals surface area contributed by atoms with E-state index in [4.69, 9.17) is 14.6 Å². The normalized spacial score (nSPS) is 10.2. The van der Waals surface area contributed by atoms with Crippen molar-refractivity contribution in [2.45, 2.75) is 20.0 Å². The molecule has 0 spiro atoms. The van der Waals surface area contributed by atoms with Crippen LogP contribution in [0.5, 0.6) is 11.5 Å². The maximum atomic E-state index is 10.6. The lowest BCUT2D eigenvalue weighted by atomic mass is 10.1. The summed E-state index contributed by atoms with van der Waals surface area (Å²) in [5, 5.41) is 8.73. The van der Waals surface area contributed by atoms with E-state index in [1.807, 2.05) is 25.1 Å². The van der Waals surface area contributed by atoms with Gasteiger partial charge in [-0.25, -0.2) is 0 Å². The minimum atomic E-state index is -0.840. The molecule has 2 aromatic carbocycles. The molecule has 0 atom stereocenters. The first-order valence-electron chi connectivity index (χ1n) is 6.65. The summed E-state index contributed by atoms with van der Waals surface area (Å²) in [6.07, 6.45) is 0.0198. The zero-order chi connectivity index (χ0) is 15.2. The first-order chi connectivity index (χ1) is 10.1. The highest BCUT2D eigenvalue weighted by atomic mass is 16.5. The Morgan fingerprint density at radius 2 is 1.86 bits per heavy atom. The van der Waals surface area contributed by atoms with Crippen LogP contribution in [0.1, 0.15) is 16.7 Å². The van der Waals surface area contributed by atoms with Gasteiger partial charge in [-0.05, 0) is 36.8 Å². The molecule has 1 N–H and O–H groups in total. The molecule has 0 heterocycles. The fraction of sp³-hybridized carbons (Fsp3) is 0.235. The van der Waals surface area contributed by atoms with Gasteiger partial charge in [0, 0.05) is 5.56 Å². The van der Waals surface area contributed by atoms with Crippen LogP contribution in [0.25, 0.3) is 0 Å². The predicted octanol–water partition coefficient (Wildman–Crippen LogP) is 3.21. The third-order valence-electron chi connectivity index (χ3n) is 3.11. The van der Waals surface area contributed by atoms with Crippen LogP contribution < -0.4 is 9.47 Å². The third kappa shape index (κ3) is 4.24. The van der Waals surface area contributed by atoms with Gasteiger partial charge >= 0.3 is 5.97 Å². The molecule has 21 heavy (non-hydrogen) atoms. The van der Waals surface area contributed by atoms with E-state index in [9.17, 15) is 4.79 Å². The van der Waals surface area contributed by atoms with Gasteiger partial charge in [0.2, 0.25) is 0 Å². The van der Waals surface area contributed by atoms with Gasteiger partial charge in [-0.2, -0.15) is 0 Å². The van der Waals surface area contributed by atoms with Gasteiger partial charge in [-0.1, -0.05) is 23.8 Å². The van der Waals surface area contributed by atoms with Crippen LogP contribution in [0.2, 0.25) is 0 Å². The van der Waals surface area contributed by atoms with Crippen molar-refractivity contribution in [3.63, 3.8) is 0 Å². The topological polar surface area (TPSA) is 55.8 Å². The van der Waals surface area contributed by atoms with E-state index in [-0.39, 0.29) is 6.42 Å². The fourth-order valence-electron chi connectivity index (χ4n) is 2.06. The zero-order valence-electron chi connectivity index (χ0n) is 12.1. The highest BCUT2D eigenvalue weighted by Gasteiger charge is 2.05. The van der Waals surface area contributed by atoms with Crippen molar-refractivity contribution < 1.29 is 19.4 Å². The number of carboxylic acids is 1. The molecule has 0 bridgehead atoms. The number of aryl methyl sites for hydroxylation is 1. The van der Waals surface area contributed by atoms with Crippen molar-refractivity contribution >= 4 is 5.97 Å². The lowest BCUT2D eigenvalue weighted by Gasteiger charge is -2.11. The molecular weight excluding hydrogens is 268 g/mol. The second-order valence-electron chi connectivity index (χ2n) is 4.82. The number of carboxylic acid groups (broad SMARTS) is 1. The molecule has 0 aliphatic heterocycles. The molecule has 0 saturated carbocycles. The van der Waals surface area contributed by atoms with Gasteiger partial charge in [0.1, 0.15) is 18.1 Å². The summed E-state index contributed by atoms with van der Waals surface area (Å²) in [6.45, 7) is 2.42. The van der Waals surface area contributed by atoms with Crippen molar-refractivity contribution in [1.82, 2.24) is 0 Å². The van der Waals surface area contributed by atoms with Crippen LogP contribution in [-0.2, 0) is 17.8 Å². The van der Waals surface area contributed by atoms with Crippen molar-refractivity contribution in [2.24, 2.45) is 0 Å². The molecule has 4 nitrogen and oxygen atoms in total. The number of benzene rings is 2. The Morgan fingerprint density at radius 3 is 2.48 bits per heavy atom. The number of ether oxygens (including phenoxy) is 2. The summed E-state index contributed by atoms with van der Waals surface area (Å²) in [4.78, 5) is 10.6. The summed E-state index contributed by atoms with van der Waals surface area (Å²) >= 11 is 0. The molecular formula is C17H18O4. The molecule has 0 saturated heterocycles. The maximum absolute atomic E-state index is 10.6. The highest BCUT2D eigenvalue weighted by Crippen LogP contribution is 2.22. The Bertz CT molecular complexity index is 617. The largest absolute Gasteiger partial charge is 0.496 e. The number of methoxy groups -OCH3 is 1. The molecule has 4 heteroatoms. The first-order valence-corrected chi connectivity index (χ1v) is 6.65. The minimum absolute atomic E-state index is 0.0198. The van der Waals surface area contributed by atoms with Gasteiger partial charge in [0.15, 0.2) is 0 Å². The van der Waals surface area contributed by atoms with E-state index < -0.39 is 5.97 Å². The van der Waals surface area contributed by atoms with Gasteiger partial charge < -0.3 is 14.6 Å². The summed E-state index contributed by atoms with van der Waals surface area (Å²) in [5.74, 6) is 0.656. The average molecular weight is 286 g/mol. The van der Waals surface area contributed by atoms with Gasteiger partial charge in [-0.3, -0.25) is 4.79 Å². The molecule has 0 radical (unpaired) electrons. The van der Waals surface area contributed by atoms with Crippen molar-refractivity contribution in [3.8, 4) is 11.5 Å².